The fraction of sp³-hybridized carbons (Fsp3) is 0.261. The number of amides is 1. The Hall–Kier alpha value is -3.25. The van der Waals surface area contributed by atoms with Crippen LogP contribution in [0.5, 0.6) is 0 Å². The smallest absolute Gasteiger partial charge is 0.352 e. The van der Waals surface area contributed by atoms with Crippen LogP contribution in [0.2, 0.25) is 0 Å². The molecule has 5 rings (SSSR count). The quantitative estimate of drug-likeness (QED) is 0.409. The third-order valence-electron chi connectivity index (χ3n) is 6.24. The van der Waals surface area contributed by atoms with E-state index in [0.717, 1.165) is 27.2 Å². The molecular formula is C23H21N2O4+. The van der Waals surface area contributed by atoms with E-state index in [1.54, 1.807) is 6.92 Å². The van der Waals surface area contributed by atoms with E-state index in [9.17, 15) is 19.8 Å². The van der Waals surface area contributed by atoms with Crippen molar-refractivity contribution in [3.63, 3.8) is 0 Å². The van der Waals surface area contributed by atoms with Crippen LogP contribution in [0.1, 0.15) is 18.9 Å². The number of carboxylic acids is 1. The number of aromatic nitrogens is 1. The molecular weight excluding hydrogens is 368 g/mol. The Balaban J connectivity index is 1.70. The number of hydrogen-bond donors (Lipinski definition) is 2. The van der Waals surface area contributed by atoms with Crippen LogP contribution in [-0.4, -0.2) is 39.1 Å². The van der Waals surface area contributed by atoms with Crippen LogP contribution < -0.4 is 4.57 Å². The first-order valence-electron chi connectivity index (χ1n) is 9.67. The van der Waals surface area contributed by atoms with Gasteiger partial charge in [0, 0.05) is 16.8 Å². The van der Waals surface area contributed by atoms with E-state index < -0.39 is 18.0 Å². The van der Waals surface area contributed by atoms with Gasteiger partial charge in [0.2, 0.25) is 11.4 Å². The van der Waals surface area contributed by atoms with Gasteiger partial charge in [-0.05, 0) is 42.7 Å². The van der Waals surface area contributed by atoms with Gasteiger partial charge in [0.1, 0.15) is 12.7 Å². The number of aliphatic carboxylic acids is 1. The molecule has 2 aromatic carbocycles. The number of pyridine rings is 1. The number of aliphatic hydroxyl groups is 1. The molecule has 0 unspecified atom stereocenters. The van der Waals surface area contributed by atoms with Gasteiger partial charge in [-0.25, -0.2) is 9.36 Å². The number of carbonyl (C=O) groups is 2. The summed E-state index contributed by atoms with van der Waals surface area (Å²) in [6.45, 7) is 1.58. The van der Waals surface area contributed by atoms with Crippen molar-refractivity contribution in [3.05, 3.63) is 59.9 Å². The van der Waals surface area contributed by atoms with Crippen LogP contribution in [0.3, 0.4) is 0 Å². The fourth-order valence-corrected chi connectivity index (χ4v) is 4.91. The molecule has 0 radical (unpaired) electrons. The van der Waals surface area contributed by atoms with Crippen molar-refractivity contribution in [1.29, 1.82) is 0 Å². The Morgan fingerprint density at radius 3 is 2.69 bits per heavy atom. The van der Waals surface area contributed by atoms with Gasteiger partial charge in [-0.2, -0.15) is 0 Å². The highest BCUT2D eigenvalue weighted by Gasteiger charge is 2.56. The first-order valence-corrected chi connectivity index (χ1v) is 9.67. The minimum Gasteiger partial charge on any atom is -0.477 e. The zero-order valence-corrected chi connectivity index (χ0v) is 16.2. The van der Waals surface area contributed by atoms with E-state index in [2.05, 4.69) is 22.9 Å². The van der Waals surface area contributed by atoms with Gasteiger partial charge < -0.3 is 15.1 Å². The summed E-state index contributed by atoms with van der Waals surface area (Å²) in [7, 11) is 1.99. The number of carbonyl (C=O) groups excluding carboxylic acids is 1. The Kier molecular flexibility index (Phi) is 3.76. The number of rotatable bonds is 3. The van der Waals surface area contributed by atoms with Crippen LogP contribution >= 0.6 is 0 Å². The maximum absolute atomic E-state index is 12.5. The predicted molar refractivity (Wildman–Crippen MR) is 108 cm³/mol. The van der Waals surface area contributed by atoms with Gasteiger partial charge in [0.25, 0.3) is 0 Å². The third kappa shape index (κ3) is 2.42. The van der Waals surface area contributed by atoms with Crippen LogP contribution in [0.4, 0.5) is 0 Å². The summed E-state index contributed by atoms with van der Waals surface area (Å²) in [5.41, 5.74) is 2.54. The predicted octanol–water partition coefficient (Wildman–Crippen LogP) is 2.22. The van der Waals surface area contributed by atoms with E-state index in [1.807, 2.05) is 37.4 Å². The normalized spacial score (nSPS) is 22.2. The van der Waals surface area contributed by atoms with Gasteiger partial charge in [-0.1, -0.05) is 18.2 Å². The van der Waals surface area contributed by atoms with Crippen LogP contribution in [0.25, 0.3) is 27.2 Å². The number of fused-ring (bicyclic) bond motifs is 4. The lowest BCUT2D eigenvalue weighted by atomic mass is 9.82. The molecule has 146 valence electrons. The molecule has 29 heavy (non-hydrogen) atoms. The largest absolute Gasteiger partial charge is 0.477 e. The minimum atomic E-state index is -1.11. The standard InChI is InChI=1S/C23H20N2O4/c1-12(26)20-19-10-16(21(23(28)29)25(19)22(20)27)13-7-8-18-17(9-13)15-6-4-3-5-14(15)11-24(18)2/h3-9,11-12,19-20,26H,10H2,1-2H3/p+1/t12-,19-,20-/m1/s1. The number of aliphatic hydroxyl groups excluding tert-OH is 1. The van der Waals surface area contributed by atoms with E-state index in [0.29, 0.717) is 12.0 Å². The lowest BCUT2D eigenvalue weighted by Gasteiger charge is -2.44. The average Bonchev–Trinajstić information content (AvgIpc) is 3.03. The molecule has 1 saturated heterocycles. The average molecular weight is 389 g/mol. The highest BCUT2D eigenvalue weighted by atomic mass is 16.4. The summed E-state index contributed by atoms with van der Waals surface area (Å²) in [6, 6.07) is 13.7. The van der Waals surface area contributed by atoms with E-state index >= 15 is 0 Å². The number of hydrogen-bond acceptors (Lipinski definition) is 3. The molecule has 1 amide bonds. The summed E-state index contributed by atoms with van der Waals surface area (Å²) in [5.74, 6) is -1.96. The Morgan fingerprint density at radius 2 is 1.97 bits per heavy atom. The van der Waals surface area contributed by atoms with E-state index in [1.165, 1.54) is 4.90 Å². The highest BCUT2D eigenvalue weighted by molar-refractivity contribution is 6.08. The molecule has 6 heteroatoms. The van der Waals surface area contributed by atoms with Crippen molar-refractivity contribution < 1.29 is 24.4 Å². The van der Waals surface area contributed by atoms with Gasteiger partial charge in [-0.3, -0.25) is 4.79 Å². The van der Waals surface area contributed by atoms with Gasteiger partial charge >= 0.3 is 5.97 Å². The summed E-state index contributed by atoms with van der Waals surface area (Å²) in [4.78, 5) is 25.8. The molecule has 3 atom stereocenters. The first kappa shape index (κ1) is 17.8. The monoisotopic (exact) mass is 389 g/mol. The molecule has 0 saturated carbocycles. The van der Waals surface area contributed by atoms with Gasteiger partial charge in [-0.15, -0.1) is 0 Å². The Morgan fingerprint density at radius 1 is 1.21 bits per heavy atom. The molecule has 1 fully saturated rings. The fourth-order valence-electron chi connectivity index (χ4n) is 4.91. The molecule has 6 nitrogen and oxygen atoms in total. The molecule has 3 aromatic rings. The SMILES string of the molecule is C[C@@H](O)[C@H]1C(=O)N2C(C(=O)O)=C(c3ccc4c(c3)c3ccccc3c[n+]4C)C[C@H]12. The van der Waals surface area contributed by atoms with Crippen molar-refractivity contribution in [1.82, 2.24) is 4.90 Å². The lowest BCUT2D eigenvalue weighted by Crippen LogP contribution is -2.61. The molecule has 0 spiro atoms. The first-order chi connectivity index (χ1) is 13.9. The number of benzene rings is 2. The number of nitrogens with zero attached hydrogens (tertiary/aromatic N) is 2. The summed E-state index contributed by atoms with van der Waals surface area (Å²) >= 11 is 0. The van der Waals surface area contributed by atoms with Crippen LogP contribution in [-0.2, 0) is 16.6 Å². The van der Waals surface area contributed by atoms with Gasteiger partial charge in [0.05, 0.1) is 23.4 Å². The van der Waals surface area contributed by atoms with E-state index in [-0.39, 0.29) is 17.6 Å². The zero-order chi connectivity index (χ0) is 20.4. The van der Waals surface area contributed by atoms with E-state index in [4.69, 9.17) is 0 Å². The van der Waals surface area contributed by atoms with Crippen molar-refractivity contribution in [2.75, 3.05) is 0 Å². The van der Waals surface area contributed by atoms with Crippen molar-refractivity contribution in [3.8, 4) is 0 Å². The molecule has 2 N–H and O–H groups in total. The van der Waals surface area contributed by atoms with Crippen LogP contribution in [0, 0.1) is 5.92 Å². The number of β-lactam (4-membered cyclic amide) rings is 1. The summed E-state index contributed by atoms with van der Waals surface area (Å²) in [5, 5.41) is 23.0. The number of aryl methyl sites for hydroxylation is 1. The number of carboxylic acid groups (broad SMARTS) is 1. The maximum Gasteiger partial charge on any atom is 0.352 e. The second-order valence-corrected chi connectivity index (χ2v) is 7.94. The lowest BCUT2D eigenvalue weighted by molar-refractivity contribution is -0.643. The second-order valence-electron chi connectivity index (χ2n) is 7.94. The summed E-state index contributed by atoms with van der Waals surface area (Å²) in [6.07, 6.45) is 1.72. The molecule has 2 aliphatic heterocycles. The van der Waals surface area contributed by atoms with Crippen molar-refractivity contribution >= 4 is 39.1 Å². The van der Waals surface area contributed by atoms with Crippen molar-refractivity contribution in [2.45, 2.75) is 25.5 Å². The Bertz CT molecular complexity index is 1240. The topological polar surface area (TPSA) is 81.7 Å². The molecule has 3 heterocycles. The molecule has 0 aliphatic carbocycles. The molecule has 2 aliphatic rings. The molecule has 0 bridgehead atoms. The van der Waals surface area contributed by atoms with Crippen molar-refractivity contribution in [2.24, 2.45) is 13.0 Å². The Labute approximate surface area is 167 Å². The maximum atomic E-state index is 12.5. The highest BCUT2D eigenvalue weighted by Crippen LogP contribution is 2.47. The van der Waals surface area contributed by atoms with Crippen LogP contribution in [0.15, 0.2) is 54.4 Å². The van der Waals surface area contributed by atoms with Gasteiger partial charge in [0.15, 0.2) is 6.20 Å². The third-order valence-corrected chi connectivity index (χ3v) is 6.24. The molecule has 1 aromatic heterocycles. The zero-order valence-electron chi connectivity index (χ0n) is 16.2. The minimum absolute atomic E-state index is 0.0425. The summed E-state index contributed by atoms with van der Waals surface area (Å²) < 4.78 is 2.06. The second kappa shape index (κ2) is 6.12.